The Labute approximate surface area is 180 Å². The van der Waals surface area contributed by atoms with Crippen LogP contribution in [0.25, 0.3) is 0 Å². The summed E-state index contributed by atoms with van der Waals surface area (Å²) in [5, 5.41) is 0. The van der Waals surface area contributed by atoms with E-state index in [1.165, 1.54) is 56.3 Å². The number of nitrogens with zero attached hydrogens (tertiary/aromatic N) is 3. The Bertz CT molecular complexity index is 848. The molecule has 5 heteroatoms. The quantitative estimate of drug-likeness (QED) is 0.707. The van der Waals surface area contributed by atoms with Crippen LogP contribution < -0.4 is 5.73 Å². The first-order valence-electron chi connectivity index (χ1n) is 11.4. The van der Waals surface area contributed by atoms with Crippen LogP contribution in [0.2, 0.25) is 0 Å². The minimum absolute atomic E-state index is 0.00448. The van der Waals surface area contributed by atoms with Crippen molar-refractivity contribution < 1.29 is 4.79 Å². The average Bonchev–Trinajstić information content (AvgIpc) is 2.76. The first-order valence-corrected chi connectivity index (χ1v) is 11.4. The summed E-state index contributed by atoms with van der Waals surface area (Å²) >= 11 is 0. The number of carbonyl (C=O) groups excluding carboxylic acids is 1. The summed E-state index contributed by atoms with van der Waals surface area (Å²) in [5.74, 6) is 1.38. The van der Waals surface area contributed by atoms with Crippen molar-refractivity contribution in [1.29, 1.82) is 0 Å². The highest BCUT2D eigenvalue weighted by atomic mass is 16.1. The smallest absolute Gasteiger partial charge is 0.179 e. The maximum atomic E-state index is 11.7. The van der Waals surface area contributed by atoms with Crippen LogP contribution in [0.15, 0.2) is 36.7 Å². The first-order chi connectivity index (χ1) is 14.5. The van der Waals surface area contributed by atoms with Gasteiger partial charge in [-0.1, -0.05) is 30.7 Å². The van der Waals surface area contributed by atoms with E-state index < -0.39 is 0 Å². The molecule has 1 aliphatic heterocycles. The molecule has 0 spiro atoms. The molecule has 2 N–H and O–H groups in total. The molecule has 0 bridgehead atoms. The standard InChI is InChI=1S/C25H34N4O/c1-18(2)29-12-8-20(9-13-29)19-4-6-22(7-5-19)25(10-3-11-25)14-24-27-16-21(17-28-24)23(30)15-26/h4-7,16-18,20H,3,8-15,26H2,1-2H3. The summed E-state index contributed by atoms with van der Waals surface area (Å²) in [6, 6.07) is 10.0. The Balaban J connectivity index is 1.44. The van der Waals surface area contributed by atoms with Crippen molar-refractivity contribution in [2.45, 2.75) is 69.7 Å². The normalized spacial score (nSPS) is 19.6. The maximum absolute atomic E-state index is 11.7. The number of hydrogen-bond acceptors (Lipinski definition) is 5. The fourth-order valence-electron chi connectivity index (χ4n) is 5.04. The topological polar surface area (TPSA) is 72.1 Å². The van der Waals surface area contributed by atoms with Crippen LogP contribution in [0.3, 0.4) is 0 Å². The molecule has 160 valence electrons. The molecule has 30 heavy (non-hydrogen) atoms. The molecular weight excluding hydrogens is 372 g/mol. The second-order valence-corrected chi connectivity index (χ2v) is 9.35. The lowest BCUT2D eigenvalue weighted by atomic mass is 9.62. The highest BCUT2D eigenvalue weighted by Crippen LogP contribution is 2.46. The van der Waals surface area contributed by atoms with Gasteiger partial charge in [0.15, 0.2) is 5.78 Å². The first kappa shape index (κ1) is 21.1. The van der Waals surface area contributed by atoms with Gasteiger partial charge in [0, 0.05) is 30.3 Å². The monoisotopic (exact) mass is 406 g/mol. The molecule has 2 heterocycles. The van der Waals surface area contributed by atoms with Gasteiger partial charge in [-0.15, -0.1) is 0 Å². The lowest BCUT2D eigenvalue weighted by Crippen LogP contribution is -2.38. The van der Waals surface area contributed by atoms with Crippen LogP contribution in [-0.4, -0.2) is 46.3 Å². The van der Waals surface area contributed by atoms with Gasteiger partial charge < -0.3 is 10.6 Å². The van der Waals surface area contributed by atoms with E-state index in [2.05, 4.69) is 53.0 Å². The number of hydrogen-bond donors (Lipinski definition) is 1. The molecular formula is C25H34N4O. The fourth-order valence-corrected chi connectivity index (χ4v) is 5.04. The number of Topliss-reactive ketones (excluding diaryl/α,β-unsaturated/α-hetero) is 1. The van der Waals surface area contributed by atoms with Gasteiger partial charge >= 0.3 is 0 Å². The Morgan fingerprint density at radius 1 is 1.13 bits per heavy atom. The van der Waals surface area contributed by atoms with Crippen molar-refractivity contribution in [3.05, 3.63) is 59.2 Å². The Morgan fingerprint density at radius 3 is 2.27 bits per heavy atom. The maximum Gasteiger partial charge on any atom is 0.179 e. The second-order valence-electron chi connectivity index (χ2n) is 9.35. The fraction of sp³-hybridized carbons (Fsp3) is 0.560. The van der Waals surface area contributed by atoms with Gasteiger partial charge in [-0.3, -0.25) is 4.79 Å². The van der Waals surface area contributed by atoms with E-state index in [1.807, 2.05) is 0 Å². The number of ketones is 1. The summed E-state index contributed by atoms with van der Waals surface area (Å²) in [7, 11) is 0. The lowest BCUT2D eigenvalue weighted by Gasteiger charge is -2.42. The van der Waals surface area contributed by atoms with Crippen LogP contribution in [0, 0.1) is 0 Å². The number of aromatic nitrogens is 2. The van der Waals surface area contributed by atoms with Gasteiger partial charge in [-0.2, -0.15) is 0 Å². The molecule has 0 amide bonds. The lowest BCUT2D eigenvalue weighted by molar-refractivity contribution is 0.100. The molecule has 5 nitrogen and oxygen atoms in total. The Hall–Kier alpha value is -2.11. The Kier molecular flexibility index (Phi) is 6.30. The third-order valence-corrected chi connectivity index (χ3v) is 7.27. The van der Waals surface area contributed by atoms with Gasteiger partial charge in [0.05, 0.1) is 12.1 Å². The highest BCUT2D eigenvalue weighted by Gasteiger charge is 2.39. The van der Waals surface area contributed by atoms with Gasteiger partial charge in [0.1, 0.15) is 5.82 Å². The minimum Gasteiger partial charge on any atom is -0.324 e. The van der Waals surface area contributed by atoms with Gasteiger partial charge in [-0.25, -0.2) is 9.97 Å². The molecule has 2 aromatic rings. The summed E-state index contributed by atoms with van der Waals surface area (Å²) in [5.41, 5.74) is 8.95. The van der Waals surface area contributed by atoms with Crippen molar-refractivity contribution in [1.82, 2.24) is 14.9 Å². The van der Waals surface area contributed by atoms with Gasteiger partial charge in [-0.05, 0) is 69.7 Å². The summed E-state index contributed by atoms with van der Waals surface area (Å²) in [6.07, 6.45) is 10.2. The number of benzene rings is 1. The minimum atomic E-state index is -0.116. The van der Waals surface area contributed by atoms with Crippen molar-refractivity contribution in [3.63, 3.8) is 0 Å². The SMILES string of the molecule is CC(C)N1CCC(c2ccc(C3(Cc4ncc(C(=O)CN)cn4)CCC3)cc2)CC1. The molecule has 4 rings (SSSR count). The van der Waals surface area contributed by atoms with E-state index in [1.54, 1.807) is 12.4 Å². The van der Waals surface area contributed by atoms with Gasteiger partial charge in [0.2, 0.25) is 0 Å². The van der Waals surface area contributed by atoms with E-state index in [0.717, 1.165) is 12.2 Å². The van der Waals surface area contributed by atoms with E-state index in [0.29, 0.717) is 17.5 Å². The van der Waals surface area contributed by atoms with Crippen molar-refractivity contribution in [2.75, 3.05) is 19.6 Å². The van der Waals surface area contributed by atoms with Crippen LogP contribution in [0.5, 0.6) is 0 Å². The average molecular weight is 407 g/mol. The number of piperidine rings is 1. The summed E-state index contributed by atoms with van der Waals surface area (Å²) in [6.45, 7) is 6.98. The number of nitrogens with two attached hydrogens (primary N) is 1. The molecule has 2 fully saturated rings. The van der Waals surface area contributed by atoms with E-state index in [-0.39, 0.29) is 17.7 Å². The van der Waals surface area contributed by atoms with Crippen LogP contribution in [0.1, 0.15) is 79.2 Å². The van der Waals surface area contributed by atoms with Crippen LogP contribution in [0.4, 0.5) is 0 Å². The third-order valence-electron chi connectivity index (χ3n) is 7.27. The second kappa shape index (κ2) is 8.94. The van der Waals surface area contributed by atoms with Crippen LogP contribution >= 0.6 is 0 Å². The van der Waals surface area contributed by atoms with Crippen molar-refractivity contribution in [3.8, 4) is 0 Å². The van der Waals surface area contributed by atoms with E-state index in [9.17, 15) is 4.79 Å². The Morgan fingerprint density at radius 2 is 1.77 bits per heavy atom. The summed E-state index contributed by atoms with van der Waals surface area (Å²) in [4.78, 5) is 23.2. The molecule has 1 saturated heterocycles. The molecule has 0 radical (unpaired) electrons. The van der Waals surface area contributed by atoms with E-state index in [4.69, 9.17) is 5.73 Å². The number of likely N-dealkylation sites (tertiary alicyclic amines) is 1. The zero-order valence-electron chi connectivity index (χ0n) is 18.3. The third kappa shape index (κ3) is 4.33. The zero-order chi connectivity index (χ0) is 21.1. The highest BCUT2D eigenvalue weighted by molar-refractivity contribution is 5.96. The predicted octanol–water partition coefficient (Wildman–Crippen LogP) is 3.87. The molecule has 1 saturated carbocycles. The predicted molar refractivity (Wildman–Crippen MR) is 120 cm³/mol. The zero-order valence-corrected chi connectivity index (χ0v) is 18.3. The van der Waals surface area contributed by atoms with E-state index >= 15 is 0 Å². The molecule has 1 aromatic carbocycles. The molecule has 1 aliphatic carbocycles. The van der Waals surface area contributed by atoms with Gasteiger partial charge in [0.25, 0.3) is 0 Å². The largest absolute Gasteiger partial charge is 0.324 e. The molecule has 0 unspecified atom stereocenters. The number of carbonyl (C=O) groups is 1. The number of rotatable bonds is 7. The summed E-state index contributed by atoms with van der Waals surface area (Å²) < 4.78 is 0. The molecule has 1 aromatic heterocycles. The molecule has 2 aliphatic rings. The van der Waals surface area contributed by atoms with Crippen molar-refractivity contribution in [2.24, 2.45) is 5.73 Å². The molecule has 0 atom stereocenters. The van der Waals surface area contributed by atoms with Crippen LogP contribution in [-0.2, 0) is 11.8 Å². The van der Waals surface area contributed by atoms with Crippen molar-refractivity contribution >= 4 is 5.78 Å².